The molecule has 2 amide bonds. The quantitative estimate of drug-likeness (QED) is 0.377. The monoisotopic (exact) mass is 470 g/mol. The van der Waals surface area contributed by atoms with Gasteiger partial charge in [0.2, 0.25) is 5.91 Å². The van der Waals surface area contributed by atoms with Crippen LogP contribution in [-0.2, 0) is 4.79 Å². The molecular formula is C25H18N4O6. The van der Waals surface area contributed by atoms with Crippen molar-refractivity contribution in [1.82, 2.24) is 5.16 Å². The zero-order valence-electron chi connectivity index (χ0n) is 18.6. The third-order valence-corrected chi connectivity index (χ3v) is 5.16. The molecule has 0 aliphatic heterocycles. The highest BCUT2D eigenvalue weighted by molar-refractivity contribution is 6.14. The molecule has 0 unspecified atom stereocenters. The van der Waals surface area contributed by atoms with Crippen LogP contribution in [0.3, 0.4) is 0 Å². The van der Waals surface area contributed by atoms with Crippen LogP contribution in [-0.4, -0.2) is 35.2 Å². The summed E-state index contributed by atoms with van der Waals surface area (Å²) in [6.07, 6.45) is 0. The third-order valence-electron chi connectivity index (χ3n) is 5.16. The van der Waals surface area contributed by atoms with E-state index in [1.807, 2.05) is 6.07 Å². The molecular weight excluding hydrogens is 452 g/mol. The Morgan fingerprint density at radius 2 is 1.80 bits per heavy atom. The highest BCUT2D eigenvalue weighted by atomic mass is 16.5. The van der Waals surface area contributed by atoms with Crippen LogP contribution in [0.1, 0.15) is 33.3 Å². The Kier molecular flexibility index (Phi) is 6.16. The molecule has 0 saturated carbocycles. The summed E-state index contributed by atoms with van der Waals surface area (Å²) >= 11 is 0. The number of amides is 2. The highest BCUT2D eigenvalue weighted by Crippen LogP contribution is 2.38. The Morgan fingerprint density at radius 3 is 2.49 bits per heavy atom. The van der Waals surface area contributed by atoms with Crippen LogP contribution in [0, 0.1) is 11.3 Å². The Balaban J connectivity index is 1.82. The van der Waals surface area contributed by atoms with E-state index in [2.05, 4.69) is 15.8 Å². The van der Waals surface area contributed by atoms with Crippen LogP contribution in [0.25, 0.3) is 22.1 Å². The number of ether oxygens (including phenoxy) is 1. The smallest absolute Gasteiger partial charge is 0.337 e. The lowest BCUT2D eigenvalue weighted by molar-refractivity contribution is -0.114. The maximum Gasteiger partial charge on any atom is 0.337 e. The molecule has 1 aromatic heterocycles. The average molecular weight is 470 g/mol. The number of carbonyl (C=O) groups excluding carboxylic acids is 2. The summed E-state index contributed by atoms with van der Waals surface area (Å²) in [6.45, 7) is 1.37. The second-order valence-electron chi connectivity index (χ2n) is 7.44. The predicted octanol–water partition coefficient (Wildman–Crippen LogP) is 4.28. The number of rotatable bonds is 6. The molecule has 174 valence electrons. The van der Waals surface area contributed by atoms with E-state index >= 15 is 0 Å². The number of nitrogens with zero attached hydrogens (tertiary/aromatic N) is 2. The van der Waals surface area contributed by atoms with E-state index in [-0.39, 0.29) is 34.0 Å². The van der Waals surface area contributed by atoms with Crippen molar-refractivity contribution in [3.05, 3.63) is 71.4 Å². The fourth-order valence-electron chi connectivity index (χ4n) is 3.61. The molecule has 0 atom stereocenters. The first kappa shape index (κ1) is 23.0. The van der Waals surface area contributed by atoms with Gasteiger partial charge in [-0.05, 0) is 30.3 Å². The Bertz CT molecular complexity index is 1530. The molecule has 10 nitrogen and oxygen atoms in total. The SMILES string of the molecule is COc1ccccc1-c1cc2c(C(=O)Nc3ccc(C#N)cc3C(=O)O)noc2cc1NC(C)=O. The van der Waals surface area contributed by atoms with Gasteiger partial charge in [0.15, 0.2) is 11.3 Å². The standard InChI is InChI=1S/C25H18N4O6/c1-13(30)27-20-11-22-18(10-16(20)15-5-3-4-6-21(15)34-2)23(29-35-22)24(31)28-19-8-7-14(12-26)9-17(19)25(32)33/h3-11H,1-2H3,(H,27,30)(H,28,31)(H,32,33). The van der Waals surface area contributed by atoms with Gasteiger partial charge < -0.3 is 25.0 Å². The molecule has 4 aromatic rings. The van der Waals surface area contributed by atoms with E-state index in [0.717, 1.165) is 0 Å². The van der Waals surface area contributed by atoms with Crippen molar-refractivity contribution in [1.29, 1.82) is 5.26 Å². The third kappa shape index (κ3) is 4.51. The lowest BCUT2D eigenvalue weighted by Crippen LogP contribution is -2.15. The molecule has 0 radical (unpaired) electrons. The molecule has 0 saturated heterocycles. The summed E-state index contributed by atoms with van der Waals surface area (Å²) in [6, 6.07) is 16.1. The van der Waals surface area contributed by atoms with Gasteiger partial charge in [-0.15, -0.1) is 0 Å². The minimum Gasteiger partial charge on any atom is -0.496 e. The summed E-state index contributed by atoms with van der Waals surface area (Å²) in [5, 5.41) is 28.0. The van der Waals surface area contributed by atoms with E-state index in [4.69, 9.17) is 14.5 Å². The average Bonchev–Trinajstić information content (AvgIpc) is 3.26. The first-order chi connectivity index (χ1) is 16.8. The number of aromatic nitrogens is 1. The lowest BCUT2D eigenvalue weighted by atomic mass is 9.99. The van der Waals surface area contributed by atoms with Crippen molar-refractivity contribution in [2.75, 3.05) is 17.7 Å². The number of fused-ring (bicyclic) bond motifs is 1. The number of methoxy groups -OCH3 is 1. The Morgan fingerprint density at radius 1 is 1.03 bits per heavy atom. The van der Waals surface area contributed by atoms with E-state index in [0.29, 0.717) is 28.0 Å². The van der Waals surface area contributed by atoms with Crippen molar-refractivity contribution in [3.63, 3.8) is 0 Å². The number of carboxylic acids is 1. The number of hydrogen-bond donors (Lipinski definition) is 3. The van der Waals surface area contributed by atoms with Crippen LogP contribution in [0.5, 0.6) is 5.75 Å². The van der Waals surface area contributed by atoms with Crippen LogP contribution >= 0.6 is 0 Å². The fourth-order valence-corrected chi connectivity index (χ4v) is 3.61. The van der Waals surface area contributed by atoms with E-state index in [9.17, 15) is 19.5 Å². The normalized spacial score (nSPS) is 10.4. The van der Waals surface area contributed by atoms with Crippen LogP contribution in [0.4, 0.5) is 11.4 Å². The number of benzene rings is 3. The Labute approximate surface area is 198 Å². The summed E-state index contributed by atoms with van der Waals surface area (Å²) in [4.78, 5) is 36.5. The Hall–Kier alpha value is -5.17. The van der Waals surface area contributed by atoms with Crippen molar-refractivity contribution < 1.29 is 28.8 Å². The molecule has 0 aliphatic rings. The topological polar surface area (TPSA) is 155 Å². The number of para-hydroxylation sites is 1. The summed E-state index contributed by atoms with van der Waals surface area (Å²) in [5.41, 5.74) is 1.69. The molecule has 3 aromatic carbocycles. The predicted molar refractivity (Wildman–Crippen MR) is 126 cm³/mol. The number of anilines is 2. The van der Waals surface area contributed by atoms with Crippen LogP contribution in [0.2, 0.25) is 0 Å². The summed E-state index contributed by atoms with van der Waals surface area (Å²) in [7, 11) is 1.52. The maximum absolute atomic E-state index is 13.1. The van der Waals surface area contributed by atoms with Gasteiger partial charge in [0.1, 0.15) is 5.75 Å². The van der Waals surface area contributed by atoms with Gasteiger partial charge in [0.25, 0.3) is 5.91 Å². The molecule has 1 heterocycles. The van der Waals surface area contributed by atoms with Crippen molar-refractivity contribution in [3.8, 4) is 22.9 Å². The van der Waals surface area contributed by atoms with Crippen LogP contribution < -0.4 is 15.4 Å². The zero-order valence-corrected chi connectivity index (χ0v) is 18.6. The van der Waals surface area contributed by atoms with Gasteiger partial charge >= 0.3 is 5.97 Å². The van der Waals surface area contributed by atoms with Gasteiger partial charge in [0.05, 0.1) is 41.1 Å². The van der Waals surface area contributed by atoms with Gasteiger partial charge in [-0.25, -0.2) is 4.79 Å². The van der Waals surface area contributed by atoms with Gasteiger partial charge in [-0.1, -0.05) is 23.4 Å². The zero-order chi connectivity index (χ0) is 25.1. The molecule has 4 rings (SSSR count). The van der Waals surface area contributed by atoms with Crippen molar-refractivity contribution >= 4 is 40.1 Å². The molecule has 35 heavy (non-hydrogen) atoms. The number of nitrogens with one attached hydrogen (secondary N) is 2. The first-order valence-corrected chi connectivity index (χ1v) is 10.3. The minimum absolute atomic E-state index is 0.00234. The lowest BCUT2D eigenvalue weighted by Gasteiger charge is -2.13. The largest absolute Gasteiger partial charge is 0.496 e. The molecule has 0 bridgehead atoms. The maximum atomic E-state index is 13.1. The summed E-state index contributed by atoms with van der Waals surface area (Å²) in [5.74, 6) is -1.78. The fraction of sp³-hybridized carbons (Fsp3) is 0.0800. The minimum atomic E-state index is -1.30. The number of aromatic carboxylic acids is 1. The summed E-state index contributed by atoms with van der Waals surface area (Å²) < 4.78 is 10.8. The van der Waals surface area contributed by atoms with Gasteiger partial charge in [-0.2, -0.15) is 5.26 Å². The first-order valence-electron chi connectivity index (χ1n) is 10.3. The van der Waals surface area contributed by atoms with Crippen molar-refractivity contribution in [2.45, 2.75) is 6.92 Å². The van der Waals surface area contributed by atoms with Crippen LogP contribution in [0.15, 0.2) is 59.1 Å². The second kappa shape index (κ2) is 9.36. The van der Waals surface area contributed by atoms with Gasteiger partial charge in [0, 0.05) is 24.1 Å². The van der Waals surface area contributed by atoms with Gasteiger partial charge in [-0.3, -0.25) is 9.59 Å². The number of carboxylic acid groups (broad SMARTS) is 1. The molecule has 0 aliphatic carbocycles. The molecule has 10 heteroatoms. The molecule has 0 fully saturated rings. The van der Waals surface area contributed by atoms with Crippen molar-refractivity contribution in [2.24, 2.45) is 0 Å². The van der Waals surface area contributed by atoms with E-state index in [1.54, 1.807) is 36.4 Å². The van der Waals surface area contributed by atoms with E-state index in [1.165, 1.54) is 32.2 Å². The number of nitriles is 1. The molecule has 3 N–H and O–H groups in total. The molecule has 0 spiro atoms. The van der Waals surface area contributed by atoms with E-state index < -0.39 is 11.9 Å². The number of carbonyl (C=O) groups is 3. The second-order valence-corrected chi connectivity index (χ2v) is 7.44. The number of hydrogen-bond acceptors (Lipinski definition) is 7. The highest BCUT2D eigenvalue weighted by Gasteiger charge is 2.22.